The summed E-state index contributed by atoms with van der Waals surface area (Å²) in [4.78, 5) is 26.0. The highest BCUT2D eigenvalue weighted by molar-refractivity contribution is 14.1. The second-order valence-electron chi connectivity index (χ2n) is 5.22. The van der Waals surface area contributed by atoms with Crippen LogP contribution in [0.5, 0.6) is 0 Å². The van der Waals surface area contributed by atoms with Crippen LogP contribution in [-0.4, -0.2) is 48.6 Å². The minimum absolute atomic E-state index is 0.0171. The SMILES string of the molecule is CC1CN(C(=O)CNC(=O)c2ccccc2I)CC(C)O1. The molecule has 0 spiro atoms. The lowest BCUT2D eigenvalue weighted by molar-refractivity contribution is -0.142. The lowest BCUT2D eigenvalue weighted by Crippen LogP contribution is -2.51. The lowest BCUT2D eigenvalue weighted by atomic mass is 10.2. The van der Waals surface area contributed by atoms with Crippen LogP contribution in [0, 0.1) is 3.57 Å². The van der Waals surface area contributed by atoms with Crippen molar-refractivity contribution in [2.45, 2.75) is 26.1 Å². The van der Waals surface area contributed by atoms with Crippen molar-refractivity contribution in [2.75, 3.05) is 19.6 Å². The minimum atomic E-state index is -0.220. The van der Waals surface area contributed by atoms with E-state index in [2.05, 4.69) is 27.9 Å². The second kappa shape index (κ2) is 7.22. The van der Waals surface area contributed by atoms with Gasteiger partial charge in [0, 0.05) is 16.7 Å². The maximum Gasteiger partial charge on any atom is 0.252 e. The molecule has 2 unspecified atom stereocenters. The average molecular weight is 402 g/mol. The third-order valence-corrected chi connectivity index (χ3v) is 4.23. The van der Waals surface area contributed by atoms with E-state index in [1.165, 1.54) is 0 Å². The fourth-order valence-electron chi connectivity index (χ4n) is 2.39. The Hall–Kier alpha value is -1.15. The molecule has 0 radical (unpaired) electrons. The van der Waals surface area contributed by atoms with E-state index in [1.54, 1.807) is 11.0 Å². The van der Waals surface area contributed by atoms with Gasteiger partial charge in [-0.2, -0.15) is 0 Å². The predicted molar refractivity (Wildman–Crippen MR) is 88.1 cm³/mol. The van der Waals surface area contributed by atoms with E-state index in [1.807, 2.05) is 32.0 Å². The number of nitrogens with one attached hydrogen (secondary N) is 1. The molecule has 2 rings (SSSR count). The molecule has 6 heteroatoms. The summed E-state index contributed by atoms with van der Waals surface area (Å²) >= 11 is 2.11. The molecule has 0 saturated carbocycles. The molecule has 1 aliphatic rings. The zero-order chi connectivity index (χ0) is 15.4. The largest absolute Gasteiger partial charge is 0.372 e. The molecule has 2 amide bonds. The van der Waals surface area contributed by atoms with E-state index < -0.39 is 0 Å². The molecular weight excluding hydrogens is 383 g/mol. The maximum atomic E-state index is 12.2. The monoisotopic (exact) mass is 402 g/mol. The number of benzene rings is 1. The molecule has 1 aromatic rings. The van der Waals surface area contributed by atoms with E-state index >= 15 is 0 Å². The van der Waals surface area contributed by atoms with Crippen LogP contribution < -0.4 is 5.32 Å². The fraction of sp³-hybridized carbons (Fsp3) is 0.467. The van der Waals surface area contributed by atoms with Gasteiger partial charge in [0.1, 0.15) is 0 Å². The standard InChI is InChI=1S/C15H19IN2O3/c1-10-8-18(9-11(2)21-10)14(19)7-17-15(20)12-5-3-4-6-13(12)16/h3-6,10-11H,7-9H2,1-2H3,(H,17,20). The van der Waals surface area contributed by atoms with Crippen molar-refractivity contribution < 1.29 is 14.3 Å². The van der Waals surface area contributed by atoms with Crippen LogP contribution in [0.2, 0.25) is 0 Å². The van der Waals surface area contributed by atoms with E-state index in [9.17, 15) is 9.59 Å². The minimum Gasteiger partial charge on any atom is -0.372 e. The van der Waals surface area contributed by atoms with Crippen LogP contribution in [0.4, 0.5) is 0 Å². The van der Waals surface area contributed by atoms with Crippen molar-refractivity contribution in [2.24, 2.45) is 0 Å². The van der Waals surface area contributed by atoms with Crippen LogP contribution in [0.3, 0.4) is 0 Å². The molecular formula is C15H19IN2O3. The summed E-state index contributed by atoms with van der Waals surface area (Å²) in [6.45, 7) is 5.05. The first-order valence-electron chi connectivity index (χ1n) is 6.93. The molecule has 1 fully saturated rings. The van der Waals surface area contributed by atoms with Gasteiger partial charge < -0.3 is 15.0 Å². The highest BCUT2D eigenvalue weighted by Gasteiger charge is 2.25. The van der Waals surface area contributed by atoms with Crippen molar-refractivity contribution in [3.63, 3.8) is 0 Å². The van der Waals surface area contributed by atoms with Crippen LogP contribution in [0.15, 0.2) is 24.3 Å². The molecule has 1 N–H and O–H groups in total. The zero-order valence-corrected chi connectivity index (χ0v) is 14.3. The Kier molecular flexibility index (Phi) is 5.58. The Labute approximate surface area is 138 Å². The van der Waals surface area contributed by atoms with Crippen LogP contribution in [0.25, 0.3) is 0 Å². The number of hydrogen-bond donors (Lipinski definition) is 1. The molecule has 0 bridgehead atoms. The summed E-state index contributed by atoms with van der Waals surface area (Å²) in [5.41, 5.74) is 0.592. The molecule has 21 heavy (non-hydrogen) atoms. The van der Waals surface area contributed by atoms with Crippen molar-refractivity contribution in [3.8, 4) is 0 Å². The summed E-state index contributed by atoms with van der Waals surface area (Å²) in [6.07, 6.45) is 0.0620. The van der Waals surface area contributed by atoms with E-state index in [0.29, 0.717) is 18.7 Å². The molecule has 1 saturated heterocycles. The maximum absolute atomic E-state index is 12.2. The number of ether oxygens (including phenoxy) is 1. The summed E-state index contributed by atoms with van der Waals surface area (Å²) in [7, 11) is 0. The molecule has 5 nitrogen and oxygen atoms in total. The topological polar surface area (TPSA) is 58.6 Å². The molecule has 1 aliphatic heterocycles. The van der Waals surface area contributed by atoms with Gasteiger partial charge in [-0.3, -0.25) is 9.59 Å². The van der Waals surface area contributed by atoms with E-state index in [-0.39, 0.29) is 30.6 Å². The first-order valence-corrected chi connectivity index (χ1v) is 8.01. The zero-order valence-electron chi connectivity index (χ0n) is 12.1. The van der Waals surface area contributed by atoms with Crippen molar-refractivity contribution >= 4 is 34.4 Å². The second-order valence-corrected chi connectivity index (χ2v) is 6.38. The Bertz CT molecular complexity index is 525. The Morgan fingerprint density at radius 2 is 1.90 bits per heavy atom. The van der Waals surface area contributed by atoms with Crippen molar-refractivity contribution in [3.05, 3.63) is 33.4 Å². The number of morpholine rings is 1. The third kappa shape index (κ3) is 4.41. The highest BCUT2D eigenvalue weighted by Crippen LogP contribution is 2.12. The number of rotatable bonds is 3. The molecule has 2 atom stereocenters. The number of hydrogen-bond acceptors (Lipinski definition) is 3. The van der Waals surface area contributed by atoms with Crippen LogP contribution in [0.1, 0.15) is 24.2 Å². The highest BCUT2D eigenvalue weighted by atomic mass is 127. The van der Waals surface area contributed by atoms with Gasteiger partial charge in [-0.05, 0) is 48.6 Å². The lowest BCUT2D eigenvalue weighted by Gasteiger charge is -2.35. The number of carbonyl (C=O) groups excluding carboxylic acids is 2. The first-order chi connectivity index (χ1) is 9.97. The summed E-state index contributed by atoms with van der Waals surface area (Å²) < 4.78 is 6.46. The first kappa shape index (κ1) is 16.2. The fourth-order valence-corrected chi connectivity index (χ4v) is 3.02. The Balaban J connectivity index is 1.89. The number of halogens is 1. The van der Waals surface area contributed by atoms with Gasteiger partial charge in [0.15, 0.2) is 0 Å². The molecule has 0 aliphatic carbocycles. The van der Waals surface area contributed by atoms with Gasteiger partial charge in [0.25, 0.3) is 5.91 Å². The smallest absolute Gasteiger partial charge is 0.252 e. The van der Waals surface area contributed by atoms with Gasteiger partial charge in [-0.15, -0.1) is 0 Å². The predicted octanol–water partition coefficient (Wildman–Crippen LogP) is 1.66. The quantitative estimate of drug-likeness (QED) is 0.783. The normalized spacial score (nSPS) is 22.0. The number of amides is 2. The van der Waals surface area contributed by atoms with Gasteiger partial charge >= 0.3 is 0 Å². The van der Waals surface area contributed by atoms with Crippen molar-refractivity contribution in [1.29, 1.82) is 0 Å². The number of nitrogens with zero attached hydrogens (tertiary/aromatic N) is 1. The van der Waals surface area contributed by atoms with E-state index in [0.717, 1.165) is 3.57 Å². The van der Waals surface area contributed by atoms with E-state index in [4.69, 9.17) is 4.74 Å². The Morgan fingerprint density at radius 3 is 2.52 bits per heavy atom. The third-order valence-electron chi connectivity index (χ3n) is 3.29. The van der Waals surface area contributed by atoms with Crippen LogP contribution >= 0.6 is 22.6 Å². The summed E-state index contributed by atoms with van der Waals surface area (Å²) in [6, 6.07) is 7.30. The summed E-state index contributed by atoms with van der Waals surface area (Å²) in [5.74, 6) is -0.293. The average Bonchev–Trinajstić information content (AvgIpc) is 2.43. The molecule has 1 heterocycles. The van der Waals surface area contributed by atoms with Gasteiger partial charge in [-0.25, -0.2) is 0 Å². The number of carbonyl (C=O) groups is 2. The van der Waals surface area contributed by atoms with Gasteiger partial charge in [0.2, 0.25) is 5.91 Å². The van der Waals surface area contributed by atoms with Crippen molar-refractivity contribution in [1.82, 2.24) is 10.2 Å². The molecule has 1 aromatic carbocycles. The summed E-state index contributed by atoms with van der Waals surface area (Å²) in [5, 5.41) is 2.69. The van der Waals surface area contributed by atoms with Gasteiger partial charge in [-0.1, -0.05) is 12.1 Å². The van der Waals surface area contributed by atoms with Crippen LogP contribution in [-0.2, 0) is 9.53 Å². The Morgan fingerprint density at radius 1 is 1.29 bits per heavy atom. The molecule has 114 valence electrons. The molecule has 0 aromatic heterocycles. The van der Waals surface area contributed by atoms with Gasteiger partial charge in [0.05, 0.1) is 24.3 Å².